The van der Waals surface area contributed by atoms with Crippen molar-refractivity contribution < 1.29 is 13.6 Å². The molecule has 0 aliphatic carbocycles. The Kier molecular flexibility index (Phi) is 4.73. The molecule has 1 aliphatic heterocycles. The van der Waals surface area contributed by atoms with Crippen LogP contribution in [0.1, 0.15) is 33.8 Å². The second-order valence-electron chi connectivity index (χ2n) is 5.82. The molecule has 6 heteroatoms. The van der Waals surface area contributed by atoms with Crippen molar-refractivity contribution in [1.82, 2.24) is 10.6 Å². The van der Waals surface area contributed by atoms with E-state index in [1.807, 2.05) is 17.7 Å². The number of aryl methyl sites for hydroxylation is 1. The molecule has 23 heavy (non-hydrogen) atoms. The first kappa shape index (κ1) is 16.1. The monoisotopic (exact) mass is 336 g/mol. The normalized spacial score (nSPS) is 21.2. The molecule has 0 saturated carbocycles. The number of piperidine rings is 1. The van der Waals surface area contributed by atoms with Gasteiger partial charge >= 0.3 is 0 Å². The van der Waals surface area contributed by atoms with Crippen LogP contribution in [0.3, 0.4) is 0 Å². The van der Waals surface area contributed by atoms with E-state index in [1.165, 1.54) is 17.4 Å². The number of nitrogens with one attached hydrogen (secondary N) is 2. The van der Waals surface area contributed by atoms with Crippen LogP contribution in [0.5, 0.6) is 0 Å². The summed E-state index contributed by atoms with van der Waals surface area (Å²) in [5.41, 5.74) is 2.34. The molecule has 2 heterocycles. The van der Waals surface area contributed by atoms with Crippen LogP contribution in [-0.4, -0.2) is 25.0 Å². The zero-order valence-electron chi connectivity index (χ0n) is 12.7. The number of carbonyl (C=O) groups excluding carboxylic acids is 1. The maximum atomic E-state index is 13.5. The Bertz CT molecular complexity index is 716. The molecule has 1 amide bonds. The van der Waals surface area contributed by atoms with Crippen LogP contribution in [0.25, 0.3) is 0 Å². The van der Waals surface area contributed by atoms with Gasteiger partial charge in [-0.25, -0.2) is 8.78 Å². The summed E-state index contributed by atoms with van der Waals surface area (Å²) < 4.78 is 26.7. The molecule has 122 valence electrons. The van der Waals surface area contributed by atoms with Crippen molar-refractivity contribution in [2.24, 2.45) is 0 Å². The lowest BCUT2D eigenvalue weighted by Gasteiger charge is -2.33. The van der Waals surface area contributed by atoms with E-state index >= 15 is 0 Å². The van der Waals surface area contributed by atoms with E-state index < -0.39 is 11.6 Å². The Balaban J connectivity index is 1.80. The number of benzene rings is 1. The number of amides is 1. The summed E-state index contributed by atoms with van der Waals surface area (Å²) in [7, 11) is 0. The minimum absolute atomic E-state index is 0.0331. The summed E-state index contributed by atoms with van der Waals surface area (Å²) in [4.78, 5) is 12.4. The van der Waals surface area contributed by atoms with Gasteiger partial charge < -0.3 is 10.6 Å². The number of hydrogen-bond donors (Lipinski definition) is 2. The maximum Gasteiger partial charge on any atom is 0.252 e. The summed E-state index contributed by atoms with van der Waals surface area (Å²) >= 11 is 1.49. The molecule has 3 rings (SSSR count). The number of thiophene rings is 1. The van der Waals surface area contributed by atoms with Crippen LogP contribution >= 0.6 is 11.3 Å². The molecule has 1 aromatic heterocycles. The van der Waals surface area contributed by atoms with Gasteiger partial charge in [0.1, 0.15) is 0 Å². The highest BCUT2D eigenvalue weighted by molar-refractivity contribution is 7.08. The molecule has 2 unspecified atom stereocenters. The fourth-order valence-electron chi connectivity index (χ4n) is 2.99. The Hall–Kier alpha value is -1.79. The van der Waals surface area contributed by atoms with Crippen LogP contribution in [0.2, 0.25) is 0 Å². The molecule has 0 bridgehead atoms. The van der Waals surface area contributed by atoms with E-state index in [0.717, 1.165) is 30.2 Å². The number of rotatable bonds is 3. The van der Waals surface area contributed by atoms with E-state index in [9.17, 15) is 13.6 Å². The van der Waals surface area contributed by atoms with Gasteiger partial charge in [0.2, 0.25) is 0 Å². The molecular formula is C17H18F2N2OS. The number of hydrogen-bond acceptors (Lipinski definition) is 3. The molecule has 1 aromatic carbocycles. The smallest absolute Gasteiger partial charge is 0.252 e. The Morgan fingerprint density at radius 1 is 1.30 bits per heavy atom. The molecule has 2 N–H and O–H groups in total. The molecule has 2 atom stereocenters. The van der Waals surface area contributed by atoms with E-state index in [2.05, 4.69) is 10.6 Å². The van der Waals surface area contributed by atoms with Gasteiger partial charge in [0.15, 0.2) is 11.6 Å². The maximum absolute atomic E-state index is 13.5. The predicted molar refractivity (Wildman–Crippen MR) is 86.9 cm³/mol. The van der Waals surface area contributed by atoms with E-state index in [1.54, 1.807) is 6.07 Å². The standard InChI is InChI=1S/C17H18F2N2OS/c1-10-8-23-9-13(10)17(22)21-16-7-20-5-4-12(16)11-2-3-14(18)15(19)6-11/h2-3,6,8-9,12,16,20H,4-5,7H2,1H3,(H,21,22). The first-order chi connectivity index (χ1) is 11.1. The van der Waals surface area contributed by atoms with Gasteiger partial charge in [-0.1, -0.05) is 6.07 Å². The third kappa shape index (κ3) is 3.43. The minimum atomic E-state index is -0.850. The molecule has 0 spiro atoms. The third-order valence-corrected chi connectivity index (χ3v) is 5.13. The highest BCUT2D eigenvalue weighted by Crippen LogP contribution is 2.27. The summed E-state index contributed by atoms with van der Waals surface area (Å²) in [6, 6.07) is 3.83. The van der Waals surface area contributed by atoms with Gasteiger partial charge in [0.25, 0.3) is 5.91 Å². The molecule has 1 fully saturated rings. The topological polar surface area (TPSA) is 41.1 Å². The second kappa shape index (κ2) is 6.76. The van der Waals surface area contributed by atoms with Crippen LogP contribution in [0.15, 0.2) is 29.0 Å². The Labute approximate surface area is 137 Å². The fourth-order valence-corrected chi connectivity index (χ4v) is 3.82. The van der Waals surface area contributed by atoms with Gasteiger partial charge in [-0.05, 0) is 48.5 Å². The molecule has 0 radical (unpaired) electrons. The van der Waals surface area contributed by atoms with Crippen molar-refractivity contribution in [3.63, 3.8) is 0 Å². The van der Waals surface area contributed by atoms with Crippen molar-refractivity contribution in [2.45, 2.75) is 25.3 Å². The Morgan fingerprint density at radius 3 is 2.83 bits per heavy atom. The quantitative estimate of drug-likeness (QED) is 0.904. The molecule has 1 aliphatic rings. The second-order valence-corrected chi connectivity index (χ2v) is 6.56. The van der Waals surface area contributed by atoms with Crippen LogP contribution < -0.4 is 10.6 Å². The SMILES string of the molecule is Cc1cscc1C(=O)NC1CNCCC1c1ccc(F)c(F)c1. The van der Waals surface area contributed by atoms with Crippen molar-refractivity contribution in [3.8, 4) is 0 Å². The van der Waals surface area contributed by atoms with E-state index in [0.29, 0.717) is 12.1 Å². The lowest BCUT2D eigenvalue weighted by molar-refractivity contribution is 0.0924. The van der Waals surface area contributed by atoms with Gasteiger partial charge in [-0.3, -0.25) is 4.79 Å². The summed E-state index contributed by atoms with van der Waals surface area (Å²) in [6.45, 7) is 3.30. The van der Waals surface area contributed by atoms with Crippen molar-refractivity contribution in [1.29, 1.82) is 0 Å². The van der Waals surface area contributed by atoms with E-state index in [4.69, 9.17) is 0 Å². The van der Waals surface area contributed by atoms with Gasteiger partial charge in [-0.15, -0.1) is 0 Å². The van der Waals surface area contributed by atoms with Crippen molar-refractivity contribution in [2.75, 3.05) is 13.1 Å². The lowest BCUT2D eigenvalue weighted by Crippen LogP contribution is -2.50. The fraction of sp³-hybridized carbons (Fsp3) is 0.353. The van der Waals surface area contributed by atoms with Crippen LogP contribution in [0.4, 0.5) is 8.78 Å². The average Bonchev–Trinajstić information content (AvgIpc) is 2.97. The predicted octanol–water partition coefficient (Wildman–Crippen LogP) is 3.21. The summed E-state index contributed by atoms with van der Waals surface area (Å²) in [5.74, 6) is -1.85. The number of carbonyl (C=O) groups is 1. The zero-order valence-corrected chi connectivity index (χ0v) is 13.6. The average molecular weight is 336 g/mol. The largest absolute Gasteiger partial charge is 0.347 e. The third-order valence-electron chi connectivity index (χ3n) is 4.27. The van der Waals surface area contributed by atoms with Gasteiger partial charge in [-0.2, -0.15) is 11.3 Å². The van der Waals surface area contributed by atoms with Crippen molar-refractivity contribution in [3.05, 3.63) is 57.3 Å². The first-order valence-corrected chi connectivity index (χ1v) is 8.50. The lowest BCUT2D eigenvalue weighted by atomic mass is 9.85. The molecule has 1 saturated heterocycles. The minimum Gasteiger partial charge on any atom is -0.347 e. The van der Waals surface area contributed by atoms with Crippen LogP contribution in [0, 0.1) is 18.6 Å². The van der Waals surface area contributed by atoms with Gasteiger partial charge in [0.05, 0.1) is 5.56 Å². The van der Waals surface area contributed by atoms with Gasteiger partial charge in [0, 0.05) is 23.9 Å². The molecule has 3 nitrogen and oxygen atoms in total. The van der Waals surface area contributed by atoms with E-state index in [-0.39, 0.29) is 17.9 Å². The van der Waals surface area contributed by atoms with Crippen LogP contribution in [-0.2, 0) is 0 Å². The number of halogens is 2. The summed E-state index contributed by atoms with van der Waals surface area (Å²) in [6.07, 6.45) is 0.763. The highest BCUT2D eigenvalue weighted by atomic mass is 32.1. The zero-order chi connectivity index (χ0) is 16.4. The molecule has 2 aromatic rings. The summed E-state index contributed by atoms with van der Waals surface area (Å²) in [5, 5.41) is 10.0. The Morgan fingerprint density at radius 2 is 2.13 bits per heavy atom. The van der Waals surface area contributed by atoms with Crippen molar-refractivity contribution >= 4 is 17.2 Å². The first-order valence-electron chi connectivity index (χ1n) is 7.55. The molecular weight excluding hydrogens is 318 g/mol. The highest BCUT2D eigenvalue weighted by Gasteiger charge is 2.29.